The topological polar surface area (TPSA) is 42.2 Å². The van der Waals surface area contributed by atoms with Crippen LogP contribution >= 0.6 is 0 Å². The van der Waals surface area contributed by atoms with Gasteiger partial charge in [-0.05, 0) is 36.8 Å². The van der Waals surface area contributed by atoms with Crippen LogP contribution in [0.2, 0.25) is 0 Å². The number of anilines is 1. The summed E-state index contributed by atoms with van der Waals surface area (Å²) in [5.41, 5.74) is 1.58. The maximum absolute atomic E-state index is 13.4. The zero-order valence-electron chi connectivity index (χ0n) is 10.8. The van der Waals surface area contributed by atoms with E-state index in [1.165, 1.54) is 6.07 Å². The first kappa shape index (κ1) is 12.4. The molecule has 0 aliphatic rings. The fraction of sp³-hybridized carbons (Fsp3) is 0.0625. The van der Waals surface area contributed by atoms with Crippen LogP contribution in [0.15, 0.2) is 52.9 Å². The number of hydrogen-bond acceptors (Lipinski definition) is 2. The summed E-state index contributed by atoms with van der Waals surface area (Å²) in [5.74, 6) is -0.552. The van der Waals surface area contributed by atoms with Crippen LogP contribution in [0, 0.1) is 12.7 Å². The summed E-state index contributed by atoms with van der Waals surface area (Å²) in [6, 6.07) is 13.6. The van der Waals surface area contributed by atoms with Crippen molar-refractivity contribution < 1.29 is 13.6 Å². The van der Waals surface area contributed by atoms with Gasteiger partial charge < -0.3 is 9.73 Å². The number of furan rings is 1. The molecule has 0 unspecified atom stereocenters. The number of halogens is 1. The van der Waals surface area contributed by atoms with Gasteiger partial charge in [-0.3, -0.25) is 4.79 Å². The van der Waals surface area contributed by atoms with Crippen molar-refractivity contribution in [3.05, 3.63) is 65.7 Å². The van der Waals surface area contributed by atoms with E-state index in [-0.39, 0.29) is 11.6 Å². The third kappa shape index (κ3) is 2.28. The molecule has 4 heteroatoms. The first-order valence-corrected chi connectivity index (χ1v) is 6.19. The van der Waals surface area contributed by atoms with E-state index in [1.807, 2.05) is 18.2 Å². The van der Waals surface area contributed by atoms with Crippen LogP contribution < -0.4 is 5.32 Å². The van der Waals surface area contributed by atoms with E-state index in [1.54, 1.807) is 31.2 Å². The third-order valence-electron chi connectivity index (χ3n) is 3.08. The number of para-hydroxylation sites is 1. The molecule has 2 aromatic carbocycles. The van der Waals surface area contributed by atoms with Crippen LogP contribution in [0.3, 0.4) is 0 Å². The predicted molar refractivity (Wildman–Crippen MR) is 75.3 cm³/mol. The monoisotopic (exact) mass is 269 g/mol. The molecular formula is C16H12FNO2. The van der Waals surface area contributed by atoms with Crippen molar-refractivity contribution in [2.24, 2.45) is 0 Å². The molecule has 3 rings (SSSR count). The average Bonchev–Trinajstić information content (AvgIpc) is 2.87. The maximum atomic E-state index is 13.4. The van der Waals surface area contributed by atoms with Gasteiger partial charge in [0.1, 0.15) is 11.4 Å². The van der Waals surface area contributed by atoms with Crippen LogP contribution in [-0.2, 0) is 0 Å². The number of amides is 1. The molecule has 0 spiro atoms. The lowest BCUT2D eigenvalue weighted by atomic mass is 10.2. The Hall–Kier alpha value is -2.62. The molecule has 1 amide bonds. The van der Waals surface area contributed by atoms with Crippen LogP contribution in [-0.4, -0.2) is 5.91 Å². The number of aryl methyl sites for hydroxylation is 1. The van der Waals surface area contributed by atoms with Crippen molar-refractivity contribution in [2.45, 2.75) is 6.92 Å². The summed E-state index contributed by atoms with van der Waals surface area (Å²) < 4.78 is 18.9. The van der Waals surface area contributed by atoms with Crippen molar-refractivity contribution in [3.8, 4) is 0 Å². The molecule has 0 radical (unpaired) electrons. The minimum Gasteiger partial charge on any atom is -0.451 e. The Kier molecular flexibility index (Phi) is 2.99. The van der Waals surface area contributed by atoms with E-state index in [2.05, 4.69) is 5.32 Å². The Morgan fingerprint density at radius 1 is 1.15 bits per heavy atom. The van der Waals surface area contributed by atoms with Gasteiger partial charge in [0.25, 0.3) is 5.91 Å². The Labute approximate surface area is 115 Å². The normalized spacial score (nSPS) is 10.7. The third-order valence-corrected chi connectivity index (χ3v) is 3.08. The number of benzene rings is 2. The minimum atomic E-state index is -0.399. The molecular weight excluding hydrogens is 257 g/mol. The second-order valence-electron chi connectivity index (χ2n) is 4.57. The Morgan fingerprint density at radius 2 is 1.95 bits per heavy atom. The summed E-state index contributed by atoms with van der Waals surface area (Å²) in [7, 11) is 0. The Balaban J connectivity index is 1.86. The van der Waals surface area contributed by atoms with Crippen LogP contribution in [0.4, 0.5) is 10.1 Å². The van der Waals surface area contributed by atoms with Crippen molar-refractivity contribution >= 4 is 22.6 Å². The number of hydrogen-bond donors (Lipinski definition) is 1. The van der Waals surface area contributed by atoms with Crippen LogP contribution in [0.5, 0.6) is 0 Å². The molecule has 0 fully saturated rings. The minimum absolute atomic E-state index is 0.201. The van der Waals surface area contributed by atoms with Gasteiger partial charge in [-0.25, -0.2) is 4.39 Å². The van der Waals surface area contributed by atoms with E-state index in [9.17, 15) is 9.18 Å². The number of carbonyl (C=O) groups is 1. The van der Waals surface area contributed by atoms with E-state index in [4.69, 9.17) is 4.42 Å². The zero-order valence-corrected chi connectivity index (χ0v) is 10.8. The Morgan fingerprint density at radius 3 is 2.70 bits per heavy atom. The highest BCUT2D eigenvalue weighted by Crippen LogP contribution is 2.20. The highest BCUT2D eigenvalue weighted by atomic mass is 19.1. The molecule has 0 bridgehead atoms. The quantitative estimate of drug-likeness (QED) is 0.760. The van der Waals surface area contributed by atoms with Gasteiger partial charge in [0.2, 0.25) is 0 Å². The summed E-state index contributed by atoms with van der Waals surface area (Å²) in [5, 5.41) is 3.47. The second-order valence-corrected chi connectivity index (χ2v) is 4.57. The van der Waals surface area contributed by atoms with Crippen LogP contribution in [0.1, 0.15) is 16.1 Å². The summed E-state index contributed by atoms with van der Waals surface area (Å²) >= 11 is 0. The molecule has 1 N–H and O–H groups in total. The fourth-order valence-corrected chi connectivity index (χ4v) is 1.96. The second kappa shape index (κ2) is 4.81. The Bertz CT molecular complexity index is 759. The lowest BCUT2D eigenvalue weighted by Gasteiger charge is -2.04. The molecule has 1 heterocycles. The van der Waals surface area contributed by atoms with Gasteiger partial charge in [-0.15, -0.1) is 0 Å². The average molecular weight is 269 g/mol. The number of fused-ring (bicyclic) bond motifs is 1. The molecule has 3 nitrogen and oxygen atoms in total. The first-order valence-electron chi connectivity index (χ1n) is 6.19. The van der Waals surface area contributed by atoms with Gasteiger partial charge in [0, 0.05) is 11.1 Å². The summed E-state index contributed by atoms with van der Waals surface area (Å²) in [6.07, 6.45) is 0. The van der Waals surface area contributed by atoms with Crippen molar-refractivity contribution in [1.82, 2.24) is 0 Å². The first-order chi connectivity index (χ1) is 9.63. The van der Waals surface area contributed by atoms with E-state index >= 15 is 0 Å². The molecule has 20 heavy (non-hydrogen) atoms. The highest BCUT2D eigenvalue weighted by molar-refractivity contribution is 6.04. The number of rotatable bonds is 2. The molecule has 0 aliphatic carbocycles. The number of carbonyl (C=O) groups excluding carboxylic acids is 1. The van der Waals surface area contributed by atoms with Crippen molar-refractivity contribution in [1.29, 1.82) is 0 Å². The standard InChI is InChI=1S/C16H12FNO2/c1-10-6-7-12(9-13(10)17)18-16(19)15-8-11-4-2-3-5-14(11)20-15/h2-9H,1H3,(H,18,19). The molecule has 100 valence electrons. The van der Waals surface area contributed by atoms with E-state index < -0.39 is 5.91 Å². The summed E-state index contributed by atoms with van der Waals surface area (Å²) in [6.45, 7) is 1.67. The molecule has 0 saturated heterocycles. The molecule has 0 atom stereocenters. The lowest BCUT2D eigenvalue weighted by molar-refractivity contribution is 0.0998. The molecule has 0 saturated carbocycles. The van der Waals surface area contributed by atoms with Gasteiger partial charge in [-0.1, -0.05) is 24.3 Å². The predicted octanol–water partition coefficient (Wildman–Crippen LogP) is 4.13. The van der Waals surface area contributed by atoms with Crippen molar-refractivity contribution in [3.63, 3.8) is 0 Å². The maximum Gasteiger partial charge on any atom is 0.291 e. The highest BCUT2D eigenvalue weighted by Gasteiger charge is 2.12. The van der Waals surface area contributed by atoms with E-state index in [0.717, 1.165) is 5.39 Å². The zero-order chi connectivity index (χ0) is 14.1. The van der Waals surface area contributed by atoms with Gasteiger partial charge >= 0.3 is 0 Å². The fourth-order valence-electron chi connectivity index (χ4n) is 1.96. The smallest absolute Gasteiger partial charge is 0.291 e. The van der Waals surface area contributed by atoms with E-state index in [0.29, 0.717) is 16.8 Å². The lowest BCUT2D eigenvalue weighted by Crippen LogP contribution is -2.11. The van der Waals surface area contributed by atoms with Gasteiger partial charge in [0.05, 0.1) is 0 Å². The van der Waals surface area contributed by atoms with Crippen molar-refractivity contribution in [2.75, 3.05) is 5.32 Å². The van der Waals surface area contributed by atoms with Gasteiger partial charge in [-0.2, -0.15) is 0 Å². The SMILES string of the molecule is Cc1ccc(NC(=O)c2cc3ccccc3o2)cc1F. The number of nitrogens with one attached hydrogen (secondary N) is 1. The van der Waals surface area contributed by atoms with Crippen LogP contribution in [0.25, 0.3) is 11.0 Å². The molecule has 3 aromatic rings. The largest absolute Gasteiger partial charge is 0.451 e. The van der Waals surface area contributed by atoms with Gasteiger partial charge in [0.15, 0.2) is 5.76 Å². The molecule has 1 aromatic heterocycles. The summed E-state index contributed by atoms with van der Waals surface area (Å²) in [4.78, 5) is 12.1. The molecule has 0 aliphatic heterocycles.